The zero-order valence-electron chi connectivity index (χ0n) is 18.5. The van der Waals surface area contributed by atoms with Crippen molar-refractivity contribution in [2.24, 2.45) is 0 Å². The summed E-state index contributed by atoms with van der Waals surface area (Å²) < 4.78 is 36.6. The number of anilines is 1. The summed E-state index contributed by atoms with van der Waals surface area (Å²) in [6.07, 6.45) is 6.08. The smallest absolute Gasteiger partial charge is 0.267 e. The van der Waals surface area contributed by atoms with Crippen LogP contribution in [0.4, 0.5) is 14.6 Å². The van der Waals surface area contributed by atoms with Gasteiger partial charge in [0.25, 0.3) is 11.8 Å². The van der Waals surface area contributed by atoms with Gasteiger partial charge in [0.05, 0.1) is 30.6 Å². The van der Waals surface area contributed by atoms with E-state index in [1.54, 1.807) is 13.2 Å². The molecular weight excluding hydrogens is 444 g/mol. The Kier molecular flexibility index (Phi) is 4.76. The van der Waals surface area contributed by atoms with Crippen LogP contribution in [0.1, 0.15) is 35.7 Å². The van der Waals surface area contributed by atoms with E-state index in [1.807, 2.05) is 24.4 Å². The van der Waals surface area contributed by atoms with Gasteiger partial charge < -0.3 is 19.9 Å². The van der Waals surface area contributed by atoms with Crippen LogP contribution in [-0.4, -0.2) is 62.3 Å². The molecule has 2 fully saturated rings. The molecule has 1 saturated heterocycles. The molecule has 2 unspecified atom stereocenters. The molecular formula is C23H23F2N7O2. The molecule has 11 heteroatoms. The molecule has 0 bridgehead atoms. The molecule has 2 aromatic rings. The molecule has 6 rings (SSSR count). The van der Waals surface area contributed by atoms with Crippen molar-refractivity contribution in [1.82, 2.24) is 29.5 Å². The van der Waals surface area contributed by atoms with Crippen molar-refractivity contribution in [2.75, 3.05) is 25.6 Å². The van der Waals surface area contributed by atoms with Gasteiger partial charge in [0.1, 0.15) is 17.2 Å². The predicted molar refractivity (Wildman–Crippen MR) is 120 cm³/mol. The third kappa shape index (κ3) is 3.22. The number of nitrogens with one attached hydrogen (secondary N) is 2. The summed E-state index contributed by atoms with van der Waals surface area (Å²) in [5.41, 5.74) is 2.75. The number of hydrogen-bond donors (Lipinski definition) is 2. The highest BCUT2D eigenvalue weighted by Gasteiger charge is 2.49. The van der Waals surface area contributed by atoms with E-state index >= 15 is 0 Å². The van der Waals surface area contributed by atoms with Gasteiger partial charge in [-0.2, -0.15) is 9.61 Å². The summed E-state index contributed by atoms with van der Waals surface area (Å²) in [6, 6.07) is 4.84. The van der Waals surface area contributed by atoms with E-state index in [2.05, 4.69) is 25.3 Å². The number of pyridine rings is 1. The lowest BCUT2D eigenvalue weighted by molar-refractivity contribution is -0.102. The minimum absolute atomic E-state index is 0.142. The zero-order chi connectivity index (χ0) is 23.4. The van der Waals surface area contributed by atoms with E-state index in [0.29, 0.717) is 18.1 Å². The third-order valence-corrected chi connectivity index (χ3v) is 6.73. The number of carbonyl (C=O) groups is 1. The molecule has 0 spiro atoms. The van der Waals surface area contributed by atoms with Crippen LogP contribution in [0.15, 0.2) is 36.8 Å². The molecule has 0 aromatic carbocycles. The minimum atomic E-state index is -2.88. The Balaban J connectivity index is 1.40. The standard InChI is InChI=1S/C23H23F2N7O2/c1-26-19-9-17(15-10-27-20-14(15)3-2-7-31(20)13-5-8-34-12-13)29-21-16(11-28-32(19)21)22(33)30-18-4-6-23(18,24)25/h2-3,7,9-11,13,18,26H,4-6,8,12H2,1H3,(H,30,33). The van der Waals surface area contributed by atoms with Crippen molar-refractivity contribution in [3.8, 4) is 22.6 Å². The van der Waals surface area contributed by atoms with Crippen LogP contribution >= 0.6 is 0 Å². The maximum atomic E-state index is 13.7. The summed E-state index contributed by atoms with van der Waals surface area (Å²) in [5.74, 6) is -2.06. The number of aromatic nitrogens is 5. The van der Waals surface area contributed by atoms with Crippen LogP contribution in [0.2, 0.25) is 0 Å². The Morgan fingerprint density at radius 1 is 1.26 bits per heavy atom. The monoisotopic (exact) mass is 467 g/mol. The first-order valence-electron chi connectivity index (χ1n) is 11.2. The molecule has 9 nitrogen and oxygen atoms in total. The first-order valence-corrected chi connectivity index (χ1v) is 11.2. The molecule has 2 aromatic heterocycles. The number of nitrogens with zero attached hydrogens (tertiary/aromatic N) is 5. The second kappa shape index (κ2) is 7.73. The van der Waals surface area contributed by atoms with Gasteiger partial charge in [-0.15, -0.1) is 0 Å². The third-order valence-electron chi connectivity index (χ3n) is 6.73. The van der Waals surface area contributed by atoms with Crippen LogP contribution in [0.5, 0.6) is 0 Å². The molecule has 0 radical (unpaired) electrons. The summed E-state index contributed by atoms with van der Waals surface area (Å²) in [4.78, 5) is 22.2. The fraction of sp³-hybridized carbons (Fsp3) is 0.391. The quantitative estimate of drug-likeness (QED) is 0.468. The predicted octanol–water partition coefficient (Wildman–Crippen LogP) is 3.23. The Morgan fingerprint density at radius 3 is 2.85 bits per heavy atom. The lowest BCUT2D eigenvalue weighted by atomic mass is 9.88. The van der Waals surface area contributed by atoms with E-state index in [0.717, 1.165) is 30.0 Å². The SMILES string of the molecule is CNc1cc(-c2cnc3n(C4CCOC4)cccc2-3)nc2c(C(=O)NC3CCC3(F)F)cnn12. The lowest BCUT2D eigenvalue weighted by Gasteiger charge is -2.36. The normalized spacial score (nSPS) is 21.6. The topological polar surface area (TPSA) is 98.4 Å². The van der Waals surface area contributed by atoms with E-state index in [1.165, 1.54) is 10.7 Å². The van der Waals surface area contributed by atoms with Crippen molar-refractivity contribution >= 4 is 17.4 Å². The van der Waals surface area contributed by atoms with E-state index < -0.39 is 17.9 Å². The number of ether oxygens (including phenoxy) is 1. The van der Waals surface area contributed by atoms with Gasteiger partial charge in [-0.25, -0.2) is 18.7 Å². The van der Waals surface area contributed by atoms with Crippen LogP contribution in [0.25, 0.3) is 28.3 Å². The molecule has 2 atom stereocenters. The highest BCUT2D eigenvalue weighted by atomic mass is 19.3. The molecule has 2 N–H and O–H groups in total. The lowest BCUT2D eigenvalue weighted by Crippen LogP contribution is -2.55. The van der Waals surface area contributed by atoms with Crippen LogP contribution in [0.3, 0.4) is 0 Å². The van der Waals surface area contributed by atoms with Crippen molar-refractivity contribution in [3.63, 3.8) is 0 Å². The Labute approximate surface area is 193 Å². The zero-order valence-corrected chi connectivity index (χ0v) is 18.5. The van der Waals surface area contributed by atoms with E-state index in [9.17, 15) is 13.6 Å². The summed E-state index contributed by atoms with van der Waals surface area (Å²) in [6.45, 7) is 1.37. The van der Waals surface area contributed by atoms with E-state index in [-0.39, 0.29) is 30.1 Å². The van der Waals surface area contributed by atoms with Gasteiger partial charge in [-0.3, -0.25) is 4.79 Å². The first-order chi connectivity index (χ1) is 16.5. The van der Waals surface area contributed by atoms with Crippen molar-refractivity contribution in [2.45, 2.75) is 37.3 Å². The molecule has 4 aliphatic rings. The molecule has 34 heavy (non-hydrogen) atoms. The average molecular weight is 467 g/mol. The Bertz CT molecular complexity index is 1360. The number of fused-ring (bicyclic) bond motifs is 2. The fourth-order valence-corrected chi connectivity index (χ4v) is 4.66. The average Bonchev–Trinajstić information content (AvgIpc) is 3.60. The molecule has 1 aliphatic carbocycles. The summed E-state index contributed by atoms with van der Waals surface area (Å²) in [5, 5.41) is 9.76. The largest absolute Gasteiger partial charge is 0.379 e. The van der Waals surface area contributed by atoms with Crippen molar-refractivity contribution < 1.29 is 18.3 Å². The first kappa shape index (κ1) is 21.0. The molecule has 5 heterocycles. The molecule has 176 valence electrons. The number of alkyl halides is 2. The summed E-state index contributed by atoms with van der Waals surface area (Å²) >= 11 is 0. The number of carbonyl (C=O) groups excluding carboxylic acids is 1. The van der Waals surface area contributed by atoms with Crippen molar-refractivity contribution in [3.05, 3.63) is 42.4 Å². The second-order valence-corrected chi connectivity index (χ2v) is 8.74. The maximum Gasteiger partial charge on any atom is 0.267 e. The highest BCUT2D eigenvalue weighted by molar-refractivity contribution is 6.00. The Morgan fingerprint density at radius 2 is 2.15 bits per heavy atom. The van der Waals surface area contributed by atoms with Gasteiger partial charge in [-0.05, 0) is 25.0 Å². The minimum Gasteiger partial charge on any atom is -0.379 e. The second-order valence-electron chi connectivity index (χ2n) is 8.74. The summed E-state index contributed by atoms with van der Waals surface area (Å²) in [7, 11) is 1.74. The number of halogens is 2. The highest BCUT2D eigenvalue weighted by Crippen LogP contribution is 2.38. The van der Waals surface area contributed by atoms with Gasteiger partial charge in [0.2, 0.25) is 0 Å². The fourth-order valence-electron chi connectivity index (χ4n) is 4.66. The van der Waals surface area contributed by atoms with Gasteiger partial charge >= 0.3 is 0 Å². The molecule has 1 saturated carbocycles. The van der Waals surface area contributed by atoms with Gasteiger partial charge in [0.15, 0.2) is 5.65 Å². The number of amides is 1. The number of rotatable bonds is 5. The van der Waals surface area contributed by atoms with Crippen LogP contribution in [-0.2, 0) is 4.74 Å². The molecule has 1 amide bonds. The van der Waals surface area contributed by atoms with Crippen molar-refractivity contribution in [1.29, 1.82) is 0 Å². The van der Waals surface area contributed by atoms with Gasteiger partial charge in [0, 0.05) is 49.7 Å². The van der Waals surface area contributed by atoms with Gasteiger partial charge in [-0.1, -0.05) is 0 Å². The maximum absolute atomic E-state index is 13.7. The van der Waals surface area contributed by atoms with Crippen LogP contribution < -0.4 is 10.6 Å². The molecule has 3 aliphatic heterocycles. The van der Waals surface area contributed by atoms with Crippen LogP contribution in [0, 0.1) is 0 Å². The van der Waals surface area contributed by atoms with E-state index in [4.69, 9.17) is 9.72 Å². The Hall–Kier alpha value is -3.60. The number of hydrogen-bond acceptors (Lipinski definition) is 6.